The minimum Gasteiger partial charge on any atom is -0.401 e. The van der Waals surface area contributed by atoms with E-state index in [1.165, 1.54) is 0 Å². The Morgan fingerprint density at radius 1 is 1.50 bits per heavy atom. The van der Waals surface area contributed by atoms with Gasteiger partial charge in [0.2, 0.25) is 0 Å². The van der Waals surface area contributed by atoms with Gasteiger partial charge in [0.25, 0.3) is 0 Å². The molecule has 2 heteroatoms. The molecule has 0 fully saturated rings. The zero-order chi connectivity index (χ0) is 8.57. The number of hydrogen-bond acceptors (Lipinski definition) is 2. The molecule has 0 aromatic carbocycles. The number of rotatable bonds is 2. The Labute approximate surface area is 64.7 Å². The predicted molar refractivity (Wildman–Crippen MR) is 47.6 cm³/mol. The largest absolute Gasteiger partial charge is 0.401 e. The van der Waals surface area contributed by atoms with Crippen LogP contribution in [-0.2, 0) is 0 Å². The van der Waals surface area contributed by atoms with Crippen molar-refractivity contribution in [2.45, 2.75) is 27.7 Å². The summed E-state index contributed by atoms with van der Waals surface area (Å²) in [4.78, 5) is 2.04. The second-order valence-electron chi connectivity index (χ2n) is 1.95. The first-order valence-corrected chi connectivity index (χ1v) is 3.81. The fourth-order valence-electron chi connectivity index (χ4n) is 0.439. The Morgan fingerprint density at radius 2 is 1.90 bits per heavy atom. The lowest BCUT2D eigenvalue weighted by atomic mass is 10.5. The molecule has 0 saturated carbocycles. The first-order chi connectivity index (χ1) is 4.66. The van der Waals surface area contributed by atoms with Gasteiger partial charge in [-0.3, -0.25) is 0 Å². The van der Waals surface area contributed by atoms with Crippen LogP contribution in [0.3, 0.4) is 0 Å². The van der Waals surface area contributed by atoms with E-state index in [1.807, 2.05) is 38.9 Å². The molecule has 2 nitrogen and oxygen atoms in total. The zero-order valence-electron chi connectivity index (χ0n) is 7.81. The number of nitrogens with two attached hydrogens (primary N) is 1. The van der Waals surface area contributed by atoms with E-state index in [9.17, 15) is 0 Å². The van der Waals surface area contributed by atoms with Crippen LogP contribution in [0.2, 0.25) is 0 Å². The maximum Gasteiger partial charge on any atom is 0.0210 e. The summed E-state index contributed by atoms with van der Waals surface area (Å²) >= 11 is 0. The molecule has 0 aliphatic carbocycles. The van der Waals surface area contributed by atoms with Crippen LogP contribution < -0.4 is 5.73 Å². The summed E-state index contributed by atoms with van der Waals surface area (Å²) < 4.78 is 0. The lowest BCUT2D eigenvalue weighted by Gasteiger charge is -2.09. The quantitative estimate of drug-likeness (QED) is 0.640. The molecule has 0 unspecified atom stereocenters. The van der Waals surface area contributed by atoms with Crippen molar-refractivity contribution in [2.24, 2.45) is 5.73 Å². The summed E-state index contributed by atoms with van der Waals surface area (Å²) in [6, 6.07) is 0. The highest BCUT2D eigenvalue weighted by Gasteiger charge is 1.82. The van der Waals surface area contributed by atoms with E-state index in [-0.39, 0.29) is 0 Å². The highest BCUT2D eigenvalue weighted by atomic mass is 15.1. The summed E-state index contributed by atoms with van der Waals surface area (Å²) in [5.74, 6) is 0. The fourth-order valence-corrected chi connectivity index (χ4v) is 0.439. The van der Waals surface area contributed by atoms with Crippen LogP contribution >= 0.6 is 0 Å². The topological polar surface area (TPSA) is 29.3 Å². The average Bonchev–Trinajstić information content (AvgIpc) is 1.91. The lowest BCUT2D eigenvalue weighted by molar-refractivity contribution is 0.479. The van der Waals surface area contributed by atoms with E-state index in [0.29, 0.717) is 0 Å². The molecule has 0 atom stereocenters. The maximum atomic E-state index is 5.39. The number of nitrogens with zero attached hydrogens (tertiary/aromatic N) is 1. The highest BCUT2D eigenvalue weighted by molar-refractivity contribution is 4.89. The molecule has 0 aromatic rings. The zero-order valence-corrected chi connectivity index (χ0v) is 7.81. The van der Waals surface area contributed by atoms with Gasteiger partial charge in [-0.05, 0) is 13.8 Å². The third-order valence-electron chi connectivity index (χ3n) is 0.923. The van der Waals surface area contributed by atoms with Gasteiger partial charge >= 0.3 is 0 Å². The van der Waals surface area contributed by atoms with E-state index in [4.69, 9.17) is 5.73 Å². The first-order valence-electron chi connectivity index (χ1n) is 3.81. The van der Waals surface area contributed by atoms with Gasteiger partial charge in [0, 0.05) is 25.5 Å². The van der Waals surface area contributed by atoms with Crippen LogP contribution in [0.1, 0.15) is 27.7 Å². The SMILES string of the molecule is CC.CCN(C)/C=C(/C)N. The highest BCUT2D eigenvalue weighted by Crippen LogP contribution is 1.85. The molecule has 0 rings (SSSR count). The molecule has 0 aliphatic heterocycles. The van der Waals surface area contributed by atoms with Crippen molar-refractivity contribution in [3.05, 3.63) is 11.9 Å². The summed E-state index contributed by atoms with van der Waals surface area (Å²) in [5.41, 5.74) is 6.24. The van der Waals surface area contributed by atoms with Crippen molar-refractivity contribution in [1.82, 2.24) is 4.90 Å². The van der Waals surface area contributed by atoms with Crippen molar-refractivity contribution in [1.29, 1.82) is 0 Å². The lowest BCUT2D eigenvalue weighted by Crippen LogP contribution is -2.11. The van der Waals surface area contributed by atoms with Gasteiger partial charge in [-0.2, -0.15) is 0 Å². The van der Waals surface area contributed by atoms with Gasteiger partial charge in [0.1, 0.15) is 0 Å². The summed E-state index contributed by atoms with van der Waals surface area (Å²) in [6.07, 6.45) is 1.92. The minimum absolute atomic E-state index is 0.856. The van der Waals surface area contributed by atoms with E-state index < -0.39 is 0 Å². The number of allylic oxidation sites excluding steroid dienone is 1. The summed E-state index contributed by atoms with van der Waals surface area (Å²) in [7, 11) is 2.00. The van der Waals surface area contributed by atoms with Crippen LogP contribution in [0, 0.1) is 0 Å². The fraction of sp³-hybridized carbons (Fsp3) is 0.750. The Kier molecular flexibility index (Phi) is 10.1. The van der Waals surface area contributed by atoms with Gasteiger partial charge in [0.15, 0.2) is 0 Å². The third kappa shape index (κ3) is 10.3. The second-order valence-corrected chi connectivity index (χ2v) is 1.95. The Balaban J connectivity index is 0. The van der Waals surface area contributed by atoms with Gasteiger partial charge in [-0.1, -0.05) is 13.8 Å². The Bertz CT molecular complexity index is 83.3. The smallest absolute Gasteiger partial charge is 0.0210 e. The molecule has 0 aromatic heterocycles. The Hall–Kier alpha value is -0.660. The molecule has 2 N–H and O–H groups in total. The molecular formula is C8H20N2. The third-order valence-corrected chi connectivity index (χ3v) is 0.923. The maximum absolute atomic E-state index is 5.39. The van der Waals surface area contributed by atoms with Crippen LogP contribution in [0.25, 0.3) is 0 Å². The van der Waals surface area contributed by atoms with E-state index in [1.54, 1.807) is 0 Å². The molecule has 0 bridgehead atoms. The van der Waals surface area contributed by atoms with Crippen molar-refractivity contribution in [2.75, 3.05) is 13.6 Å². The molecular weight excluding hydrogens is 124 g/mol. The van der Waals surface area contributed by atoms with Gasteiger partial charge in [0.05, 0.1) is 0 Å². The second kappa shape index (κ2) is 8.34. The van der Waals surface area contributed by atoms with Gasteiger partial charge in [-0.25, -0.2) is 0 Å². The van der Waals surface area contributed by atoms with Crippen molar-refractivity contribution in [3.8, 4) is 0 Å². The predicted octanol–water partition coefficient (Wildman–Crippen LogP) is 1.78. The van der Waals surface area contributed by atoms with Gasteiger partial charge in [-0.15, -0.1) is 0 Å². The first kappa shape index (κ1) is 12.1. The standard InChI is InChI=1S/C6H14N2.C2H6/c1-4-8(3)5-6(2)7;1-2/h5H,4,7H2,1-3H3;1-2H3/b6-5-;. The van der Waals surface area contributed by atoms with E-state index >= 15 is 0 Å². The summed E-state index contributed by atoms with van der Waals surface area (Å²) in [6.45, 7) is 8.97. The minimum atomic E-state index is 0.856. The van der Waals surface area contributed by atoms with Crippen LogP contribution in [0.4, 0.5) is 0 Å². The molecule has 0 amide bonds. The molecule has 0 saturated heterocycles. The van der Waals surface area contributed by atoms with Crippen molar-refractivity contribution >= 4 is 0 Å². The monoisotopic (exact) mass is 144 g/mol. The Morgan fingerprint density at radius 3 is 2.00 bits per heavy atom. The normalized spacial score (nSPS) is 9.90. The molecule has 62 valence electrons. The molecule has 10 heavy (non-hydrogen) atoms. The van der Waals surface area contributed by atoms with E-state index in [2.05, 4.69) is 6.92 Å². The summed E-state index contributed by atoms with van der Waals surface area (Å²) in [5, 5.41) is 0. The van der Waals surface area contributed by atoms with Gasteiger partial charge < -0.3 is 10.6 Å². The molecule has 0 heterocycles. The van der Waals surface area contributed by atoms with Crippen molar-refractivity contribution < 1.29 is 0 Å². The van der Waals surface area contributed by atoms with Crippen LogP contribution in [0.15, 0.2) is 11.9 Å². The van der Waals surface area contributed by atoms with Crippen molar-refractivity contribution in [3.63, 3.8) is 0 Å². The molecule has 0 spiro atoms. The number of hydrogen-bond donors (Lipinski definition) is 1. The molecule has 0 aliphatic rings. The average molecular weight is 144 g/mol. The van der Waals surface area contributed by atoms with Crippen LogP contribution in [-0.4, -0.2) is 18.5 Å². The molecule has 0 radical (unpaired) electrons. The van der Waals surface area contributed by atoms with E-state index in [0.717, 1.165) is 12.2 Å². The van der Waals surface area contributed by atoms with Crippen LogP contribution in [0.5, 0.6) is 0 Å².